The molecule has 0 bridgehead atoms. The lowest BCUT2D eigenvalue weighted by molar-refractivity contribution is 0.590. The molecule has 8 aromatic rings. The van der Waals surface area contributed by atoms with Gasteiger partial charge in [0.15, 0.2) is 0 Å². The maximum Gasteiger partial charge on any atom is 0.333 e. The van der Waals surface area contributed by atoms with Crippen molar-refractivity contribution in [2.45, 2.75) is 78.6 Å². The Kier molecular flexibility index (Phi) is 7.75. The molecule has 7 aromatic carbocycles. The van der Waals surface area contributed by atoms with Crippen molar-refractivity contribution in [2.24, 2.45) is 0 Å². The van der Waals surface area contributed by atoms with E-state index < -0.39 is 0 Å². The number of anilines is 6. The highest BCUT2D eigenvalue weighted by molar-refractivity contribution is 6.89. The first-order valence-corrected chi connectivity index (χ1v) is 21.6. The minimum absolute atomic E-state index is 0.0537. The summed E-state index contributed by atoms with van der Waals surface area (Å²) in [5.41, 5.74) is 23.2. The van der Waals surface area contributed by atoms with Gasteiger partial charge in [0, 0.05) is 67.3 Å². The molecule has 60 heavy (non-hydrogen) atoms. The predicted molar refractivity (Wildman–Crippen MR) is 257 cm³/mol. The van der Waals surface area contributed by atoms with E-state index in [9.17, 15) is 0 Å². The van der Waals surface area contributed by atoms with Crippen molar-refractivity contribution in [1.29, 1.82) is 0 Å². The number of hydrogen-bond acceptors (Lipinski definition) is 2. The molecule has 11 rings (SSSR count). The van der Waals surface area contributed by atoms with E-state index >= 15 is 0 Å². The van der Waals surface area contributed by atoms with Crippen molar-refractivity contribution in [3.8, 4) is 22.4 Å². The van der Waals surface area contributed by atoms with Gasteiger partial charge >= 0.3 is 6.85 Å². The van der Waals surface area contributed by atoms with Crippen LogP contribution in [0.25, 0.3) is 33.3 Å². The quantitative estimate of drug-likeness (QED) is 0.165. The second kappa shape index (κ2) is 12.6. The van der Waals surface area contributed by atoms with Gasteiger partial charge in [-0.1, -0.05) is 146 Å². The van der Waals surface area contributed by atoms with Gasteiger partial charge in [0.25, 0.3) is 0 Å². The van der Waals surface area contributed by atoms with Gasteiger partial charge in [-0.25, -0.2) is 0 Å². The van der Waals surface area contributed by atoms with Crippen LogP contribution in [0, 0.1) is 6.92 Å². The number of hydrogen-bond donors (Lipinski definition) is 0. The summed E-state index contributed by atoms with van der Waals surface area (Å²) in [5, 5.41) is 1.36. The number of aromatic nitrogens is 1. The molecule has 4 heteroatoms. The zero-order valence-electron chi connectivity index (χ0n) is 36.4. The van der Waals surface area contributed by atoms with Gasteiger partial charge in [-0.05, 0) is 123 Å². The lowest BCUT2D eigenvalue weighted by Gasteiger charge is -2.41. The zero-order valence-corrected chi connectivity index (χ0v) is 36.4. The second-order valence-electron chi connectivity index (χ2n) is 20.0. The van der Waals surface area contributed by atoms with Gasteiger partial charge in [0.2, 0.25) is 0 Å². The molecule has 1 aromatic heterocycles. The van der Waals surface area contributed by atoms with Crippen molar-refractivity contribution < 1.29 is 0 Å². The average Bonchev–Trinajstić information content (AvgIpc) is 3.70. The van der Waals surface area contributed by atoms with Crippen LogP contribution < -0.4 is 20.7 Å². The van der Waals surface area contributed by atoms with E-state index in [0.717, 1.165) is 17.1 Å². The summed E-state index contributed by atoms with van der Waals surface area (Å²) in [4.78, 5) is 4.98. The highest BCUT2D eigenvalue weighted by Gasteiger charge is 2.48. The fourth-order valence-corrected chi connectivity index (χ4v) is 10.8. The van der Waals surface area contributed by atoms with E-state index in [4.69, 9.17) is 0 Å². The van der Waals surface area contributed by atoms with Crippen LogP contribution in [0.4, 0.5) is 34.1 Å². The molecule has 0 amide bonds. The standard InChI is InChI=1S/C56H52BN3/c1-35-32-45-42-19-15-20-44-50-53(43-18-13-14-21-46(43)56(50,8)9)60(52(42)44)57-47-34-41(30-31-48(47)59(49(33-35)51(45)57)38-16-11-10-12-17-38)58(39-26-22-36(23-27-39)54(2,3)4)40-28-24-37(25-29-40)55(5,6)7/h10-34H,1-9H3. The summed E-state index contributed by atoms with van der Waals surface area (Å²) in [6, 6.07) is 57.7. The first-order valence-electron chi connectivity index (χ1n) is 21.6. The average molecular weight is 778 g/mol. The van der Waals surface area contributed by atoms with Crippen LogP contribution in [-0.4, -0.2) is 11.3 Å². The summed E-state index contributed by atoms with van der Waals surface area (Å²) < 4.78 is 2.75. The van der Waals surface area contributed by atoms with Gasteiger partial charge in [0.1, 0.15) is 0 Å². The minimum atomic E-state index is -0.145. The Morgan fingerprint density at radius 3 is 1.80 bits per heavy atom. The number of para-hydroxylation sites is 2. The Balaban J connectivity index is 1.22. The lowest BCUT2D eigenvalue weighted by atomic mass is 9.45. The zero-order chi connectivity index (χ0) is 41.5. The fraction of sp³-hybridized carbons (Fsp3) is 0.214. The monoisotopic (exact) mass is 777 g/mol. The third-order valence-electron chi connectivity index (χ3n) is 13.7. The van der Waals surface area contributed by atoms with Crippen LogP contribution in [0.2, 0.25) is 0 Å². The summed E-state index contributed by atoms with van der Waals surface area (Å²) in [7, 11) is 0. The molecule has 0 fully saturated rings. The third-order valence-corrected chi connectivity index (χ3v) is 13.7. The van der Waals surface area contributed by atoms with E-state index in [1.54, 1.807) is 0 Å². The largest absolute Gasteiger partial charge is 0.375 e. The molecule has 2 aliphatic heterocycles. The molecular formula is C56H52BN3. The van der Waals surface area contributed by atoms with Gasteiger partial charge in [-0.2, -0.15) is 0 Å². The lowest BCUT2D eigenvalue weighted by Crippen LogP contribution is -2.57. The number of benzene rings is 7. The maximum absolute atomic E-state index is 2.75. The smallest absolute Gasteiger partial charge is 0.333 e. The second-order valence-corrected chi connectivity index (χ2v) is 20.0. The molecule has 0 N–H and O–H groups in total. The normalized spacial score (nSPS) is 14.5. The van der Waals surface area contributed by atoms with E-state index in [-0.39, 0.29) is 23.1 Å². The highest BCUT2D eigenvalue weighted by Crippen LogP contribution is 2.56. The maximum atomic E-state index is 2.75. The number of nitrogens with zero attached hydrogens (tertiary/aromatic N) is 3. The van der Waals surface area contributed by atoms with Crippen LogP contribution in [0.5, 0.6) is 0 Å². The molecule has 294 valence electrons. The summed E-state index contributed by atoms with van der Waals surface area (Å²) in [6.45, 7) is 20.8. The molecule has 0 radical (unpaired) electrons. The van der Waals surface area contributed by atoms with Gasteiger partial charge in [-0.3, -0.25) is 0 Å². The summed E-state index contributed by atoms with van der Waals surface area (Å²) in [5.74, 6) is 0. The predicted octanol–water partition coefficient (Wildman–Crippen LogP) is 13.7. The van der Waals surface area contributed by atoms with Crippen molar-refractivity contribution in [3.63, 3.8) is 0 Å². The van der Waals surface area contributed by atoms with Crippen LogP contribution >= 0.6 is 0 Å². The first-order chi connectivity index (χ1) is 28.7. The molecule has 0 atom stereocenters. The molecule has 3 nitrogen and oxygen atoms in total. The van der Waals surface area contributed by atoms with Crippen molar-refractivity contribution in [3.05, 3.63) is 179 Å². The van der Waals surface area contributed by atoms with Gasteiger partial charge < -0.3 is 14.3 Å². The highest BCUT2D eigenvalue weighted by atomic mass is 15.2. The Labute approximate surface area is 356 Å². The molecule has 1 aliphatic carbocycles. The Hall–Kier alpha value is -6.26. The van der Waals surface area contributed by atoms with E-state index in [0.29, 0.717) is 0 Å². The van der Waals surface area contributed by atoms with Crippen LogP contribution in [0.15, 0.2) is 152 Å². The fourth-order valence-electron chi connectivity index (χ4n) is 10.8. The van der Waals surface area contributed by atoms with Gasteiger partial charge in [0.05, 0.1) is 0 Å². The van der Waals surface area contributed by atoms with E-state index in [1.807, 2.05) is 0 Å². The topological polar surface area (TPSA) is 11.4 Å². The van der Waals surface area contributed by atoms with Crippen molar-refractivity contribution in [1.82, 2.24) is 4.48 Å². The minimum Gasteiger partial charge on any atom is -0.375 e. The number of aryl methyl sites for hydroxylation is 1. The molecule has 0 unspecified atom stereocenters. The molecule has 3 heterocycles. The Morgan fingerprint density at radius 2 is 1.15 bits per heavy atom. The van der Waals surface area contributed by atoms with E-state index in [1.165, 1.54) is 89.1 Å². The molecule has 0 saturated carbocycles. The Bertz CT molecular complexity index is 2970. The van der Waals surface area contributed by atoms with Crippen LogP contribution in [-0.2, 0) is 16.2 Å². The number of fused-ring (bicyclic) bond motifs is 9. The molecular weight excluding hydrogens is 725 g/mol. The molecule has 3 aliphatic rings. The molecule has 0 saturated heterocycles. The van der Waals surface area contributed by atoms with Crippen molar-refractivity contribution >= 4 is 62.8 Å². The number of rotatable bonds is 4. The van der Waals surface area contributed by atoms with E-state index in [2.05, 4.69) is 228 Å². The summed E-state index contributed by atoms with van der Waals surface area (Å²) in [6.07, 6.45) is 0. The van der Waals surface area contributed by atoms with Gasteiger partial charge in [-0.15, -0.1) is 0 Å². The van der Waals surface area contributed by atoms with Crippen LogP contribution in [0.1, 0.15) is 83.2 Å². The Morgan fingerprint density at radius 1 is 0.550 bits per heavy atom. The van der Waals surface area contributed by atoms with Crippen LogP contribution in [0.3, 0.4) is 0 Å². The molecule has 0 spiro atoms. The first kappa shape index (κ1) is 36.8. The summed E-state index contributed by atoms with van der Waals surface area (Å²) >= 11 is 0. The van der Waals surface area contributed by atoms with Crippen molar-refractivity contribution in [2.75, 3.05) is 9.80 Å². The third kappa shape index (κ3) is 5.22. The SMILES string of the molecule is Cc1cc2c3c(c1)N(c1ccccc1)c1ccc(N(c4ccc(C(C)(C)C)cc4)c4ccc(C(C)(C)C)cc4)cc1B3n1c3c(c4cccc-2c41)C(C)(C)c1ccccc1-3.